The fraction of sp³-hybridized carbons (Fsp3) is 0.480. The first-order valence-corrected chi connectivity index (χ1v) is 15.1. The summed E-state index contributed by atoms with van der Waals surface area (Å²) in [7, 11) is -3.96. The quantitative estimate of drug-likeness (QED) is 0.513. The van der Waals surface area contributed by atoms with Crippen LogP contribution in [0.25, 0.3) is 0 Å². The van der Waals surface area contributed by atoms with Gasteiger partial charge in [-0.25, -0.2) is 25.4 Å². The minimum Gasteiger partial charge on any atom is -0.492 e. The molecule has 2 aliphatic heterocycles. The van der Waals surface area contributed by atoms with E-state index in [1.165, 1.54) is 29.0 Å². The van der Waals surface area contributed by atoms with E-state index in [0.717, 1.165) is 16.7 Å². The Morgan fingerprint density at radius 2 is 1.75 bits per heavy atom. The molecule has 2 aromatic rings. The number of sulfonamides is 2. The number of fused-ring (bicyclic) bond motifs is 1. The maximum Gasteiger partial charge on any atom is 0.246 e. The number of para-hydroxylation sites is 1. The van der Waals surface area contributed by atoms with Crippen molar-refractivity contribution in [1.82, 2.24) is 13.5 Å². The Balaban J connectivity index is 1.55. The van der Waals surface area contributed by atoms with Crippen LogP contribution in [0.4, 0.5) is 0 Å². The van der Waals surface area contributed by atoms with Crippen LogP contribution in [-0.4, -0.2) is 70.4 Å². The molecule has 0 radical (unpaired) electrons. The maximum absolute atomic E-state index is 13.1. The van der Waals surface area contributed by atoms with Crippen molar-refractivity contribution in [3.8, 4) is 11.8 Å². The van der Waals surface area contributed by atoms with Crippen molar-refractivity contribution in [3.05, 3.63) is 58.7 Å². The molecular weight excluding hydrogens is 500 g/mol. The fourth-order valence-electron chi connectivity index (χ4n) is 4.75. The molecule has 4 rings (SSSR count). The van der Waals surface area contributed by atoms with Crippen molar-refractivity contribution in [2.45, 2.75) is 37.4 Å². The highest BCUT2D eigenvalue weighted by Crippen LogP contribution is 2.34. The lowest BCUT2D eigenvalue weighted by atomic mass is 9.99. The lowest BCUT2D eigenvalue weighted by Crippen LogP contribution is -2.39. The fourth-order valence-corrected chi connectivity index (χ4v) is 6.69. The summed E-state index contributed by atoms with van der Waals surface area (Å²) in [6.07, 6.45) is 2.54. The second-order valence-electron chi connectivity index (χ2n) is 9.69. The van der Waals surface area contributed by atoms with Gasteiger partial charge in [0.15, 0.2) is 0 Å². The van der Waals surface area contributed by atoms with Crippen LogP contribution in [0.3, 0.4) is 0 Å². The van der Waals surface area contributed by atoms with Crippen molar-refractivity contribution in [1.29, 1.82) is 5.26 Å². The molecule has 194 valence electrons. The van der Waals surface area contributed by atoms with E-state index in [1.54, 1.807) is 12.1 Å². The van der Waals surface area contributed by atoms with Crippen molar-refractivity contribution in [2.75, 3.05) is 40.0 Å². The standard InChI is InChI=1S/C25H32N4O5S2/c1-27(2)36(32,33)24-6-4-5-22(16-28-15-21-8-7-20(14-26)13-23(21)17-28)25(24)34-18-19-9-11-29(12-10-19)35(3,30)31/h4-8,13,19H,9-12,15-18H2,1-3H3. The normalized spacial score (nSPS) is 17.8. The largest absolute Gasteiger partial charge is 0.492 e. The zero-order chi connectivity index (χ0) is 26.1. The van der Waals surface area contributed by atoms with Gasteiger partial charge in [0.05, 0.1) is 24.5 Å². The molecule has 2 aliphatic rings. The molecule has 1 fully saturated rings. The molecule has 0 spiro atoms. The van der Waals surface area contributed by atoms with Crippen LogP contribution in [0.15, 0.2) is 41.3 Å². The summed E-state index contributed by atoms with van der Waals surface area (Å²) >= 11 is 0. The predicted molar refractivity (Wildman–Crippen MR) is 136 cm³/mol. The SMILES string of the molecule is CN(C)S(=O)(=O)c1cccc(CN2Cc3ccc(C#N)cc3C2)c1OCC1CCN(S(C)(=O)=O)CC1. The molecule has 0 saturated carbocycles. The van der Waals surface area contributed by atoms with Crippen LogP contribution in [0.1, 0.15) is 35.1 Å². The molecule has 2 aromatic carbocycles. The molecule has 0 aromatic heterocycles. The first-order chi connectivity index (χ1) is 17.0. The summed E-state index contributed by atoms with van der Waals surface area (Å²) in [6.45, 7) is 3.06. The first-order valence-electron chi connectivity index (χ1n) is 11.9. The third-order valence-electron chi connectivity index (χ3n) is 6.84. The summed E-state index contributed by atoms with van der Waals surface area (Å²) in [5, 5.41) is 9.21. The number of hydrogen-bond donors (Lipinski definition) is 0. The van der Waals surface area contributed by atoms with E-state index < -0.39 is 20.0 Å². The topological polar surface area (TPSA) is 111 Å². The van der Waals surface area contributed by atoms with Gasteiger partial charge in [0, 0.05) is 52.4 Å². The van der Waals surface area contributed by atoms with E-state index in [9.17, 15) is 22.1 Å². The predicted octanol–water partition coefficient (Wildman–Crippen LogP) is 2.37. The summed E-state index contributed by atoms with van der Waals surface area (Å²) in [5.41, 5.74) is 3.66. The lowest BCUT2D eigenvalue weighted by molar-refractivity contribution is 0.179. The van der Waals surface area contributed by atoms with Gasteiger partial charge in [-0.2, -0.15) is 5.26 Å². The summed E-state index contributed by atoms with van der Waals surface area (Å²) < 4.78 is 58.8. The number of nitriles is 1. The molecule has 2 heterocycles. The Kier molecular flexibility index (Phi) is 7.73. The van der Waals surface area contributed by atoms with Gasteiger partial charge >= 0.3 is 0 Å². The van der Waals surface area contributed by atoms with Gasteiger partial charge in [-0.05, 0) is 48.1 Å². The molecule has 0 atom stereocenters. The first kappa shape index (κ1) is 26.6. The second kappa shape index (κ2) is 10.5. The van der Waals surface area contributed by atoms with E-state index in [0.29, 0.717) is 63.5 Å². The second-order valence-corrected chi connectivity index (χ2v) is 13.8. The van der Waals surface area contributed by atoms with E-state index >= 15 is 0 Å². The van der Waals surface area contributed by atoms with Crippen LogP contribution in [0, 0.1) is 17.2 Å². The molecule has 0 bridgehead atoms. The van der Waals surface area contributed by atoms with Crippen LogP contribution < -0.4 is 4.74 Å². The molecule has 9 nitrogen and oxygen atoms in total. The van der Waals surface area contributed by atoms with Gasteiger partial charge in [-0.15, -0.1) is 0 Å². The molecule has 11 heteroatoms. The third kappa shape index (κ3) is 5.74. The summed E-state index contributed by atoms with van der Waals surface area (Å²) in [6, 6.07) is 13.1. The molecular formula is C25H32N4O5S2. The average Bonchev–Trinajstić information content (AvgIpc) is 3.24. The van der Waals surface area contributed by atoms with Gasteiger partial charge in [-0.3, -0.25) is 4.90 Å². The van der Waals surface area contributed by atoms with Crippen molar-refractivity contribution >= 4 is 20.0 Å². The average molecular weight is 533 g/mol. The van der Waals surface area contributed by atoms with Gasteiger partial charge in [-0.1, -0.05) is 18.2 Å². The van der Waals surface area contributed by atoms with Crippen LogP contribution >= 0.6 is 0 Å². The minimum absolute atomic E-state index is 0.127. The summed E-state index contributed by atoms with van der Waals surface area (Å²) in [5.74, 6) is 0.483. The highest BCUT2D eigenvalue weighted by Gasteiger charge is 2.29. The number of nitrogens with zero attached hydrogens (tertiary/aromatic N) is 4. The minimum atomic E-state index is -3.74. The molecule has 0 N–H and O–H groups in total. The van der Waals surface area contributed by atoms with Crippen LogP contribution in [-0.2, 0) is 39.7 Å². The molecule has 0 aliphatic carbocycles. The molecule has 1 saturated heterocycles. The zero-order valence-corrected chi connectivity index (χ0v) is 22.5. The Morgan fingerprint density at radius 1 is 1.06 bits per heavy atom. The number of hydrogen-bond acceptors (Lipinski definition) is 7. The lowest BCUT2D eigenvalue weighted by Gasteiger charge is -2.30. The Labute approximate surface area is 214 Å². The third-order valence-corrected chi connectivity index (χ3v) is 9.98. The number of benzene rings is 2. The number of rotatable bonds is 8. The Hall–Kier alpha value is -2.49. The van der Waals surface area contributed by atoms with Gasteiger partial charge in [0.1, 0.15) is 10.6 Å². The van der Waals surface area contributed by atoms with E-state index in [2.05, 4.69) is 11.0 Å². The molecule has 36 heavy (non-hydrogen) atoms. The highest BCUT2D eigenvalue weighted by atomic mass is 32.2. The monoisotopic (exact) mass is 532 g/mol. The maximum atomic E-state index is 13.1. The smallest absolute Gasteiger partial charge is 0.246 e. The van der Waals surface area contributed by atoms with Crippen LogP contribution in [0.2, 0.25) is 0 Å². The van der Waals surface area contributed by atoms with Crippen LogP contribution in [0.5, 0.6) is 5.75 Å². The summed E-state index contributed by atoms with van der Waals surface area (Å²) in [4.78, 5) is 2.33. The van der Waals surface area contributed by atoms with Gasteiger partial charge < -0.3 is 4.74 Å². The molecule has 0 unspecified atom stereocenters. The highest BCUT2D eigenvalue weighted by molar-refractivity contribution is 7.89. The number of piperidine rings is 1. The zero-order valence-electron chi connectivity index (χ0n) is 20.8. The van der Waals surface area contributed by atoms with Crippen molar-refractivity contribution in [3.63, 3.8) is 0 Å². The Morgan fingerprint density at radius 3 is 2.39 bits per heavy atom. The Bertz CT molecular complexity index is 1380. The van der Waals surface area contributed by atoms with E-state index in [-0.39, 0.29) is 10.8 Å². The van der Waals surface area contributed by atoms with Crippen molar-refractivity contribution < 1.29 is 21.6 Å². The molecule has 0 amide bonds. The number of ether oxygens (including phenoxy) is 1. The van der Waals surface area contributed by atoms with E-state index in [1.807, 2.05) is 24.3 Å². The van der Waals surface area contributed by atoms with Gasteiger partial charge in [0.25, 0.3) is 0 Å². The van der Waals surface area contributed by atoms with Crippen molar-refractivity contribution in [2.24, 2.45) is 5.92 Å². The van der Waals surface area contributed by atoms with Gasteiger partial charge in [0.2, 0.25) is 20.0 Å². The van der Waals surface area contributed by atoms with E-state index in [4.69, 9.17) is 4.74 Å².